The van der Waals surface area contributed by atoms with Crippen LogP contribution in [-0.4, -0.2) is 49.2 Å². The van der Waals surface area contributed by atoms with E-state index in [4.69, 9.17) is 0 Å². The molecule has 1 amide bonds. The summed E-state index contributed by atoms with van der Waals surface area (Å²) in [6.07, 6.45) is 2.13. The van der Waals surface area contributed by atoms with E-state index in [9.17, 15) is 9.90 Å². The topological polar surface area (TPSA) is 64.6 Å². The Kier molecular flexibility index (Phi) is 12.1. The number of nitrogens with zero attached hydrogens (tertiary/aromatic N) is 1. The molecule has 1 heterocycles. The van der Waals surface area contributed by atoms with Crippen LogP contribution in [0, 0.1) is 11.8 Å². The molecule has 3 N–H and O–H groups in total. The molecule has 7 heteroatoms. The molecule has 0 saturated carbocycles. The number of likely N-dealkylation sites (tertiary alicyclic amines) is 1. The lowest BCUT2D eigenvalue weighted by Gasteiger charge is -2.31. The minimum Gasteiger partial charge on any atom is -0.396 e. The molecule has 144 valence electrons. The third-order valence-corrected chi connectivity index (χ3v) is 4.52. The normalized spacial score (nSPS) is 16.4. The number of carbonyl (C=O) groups is 1. The van der Waals surface area contributed by atoms with E-state index in [1.54, 1.807) is 0 Å². The fraction of sp³-hybridized carbons (Fsp3) is 0.611. The van der Waals surface area contributed by atoms with Crippen molar-refractivity contribution in [1.82, 2.24) is 10.2 Å². The third-order valence-electron chi connectivity index (χ3n) is 4.52. The third kappa shape index (κ3) is 7.92. The first-order valence-electron chi connectivity index (χ1n) is 8.50. The summed E-state index contributed by atoms with van der Waals surface area (Å²) in [7, 11) is 1.85. The Morgan fingerprint density at radius 2 is 2.00 bits per heavy atom. The largest absolute Gasteiger partial charge is 0.396 e. The van der Waals surface area contributed by atoms with Crippen LogP contribution in [0.2, 0.25) is 0 Å². The molecule has 1 saturated heterocycles. The monoisotopic (exact) mass is 391 g/mol. The predicted octanol–water partition coefficient (Wildman–Crippen LogP) is 2.53. The van der Waals surface area contributed by atoms with Gasteiger partial charge in [0.25, 0.3) is 0 Å². The van der Waals surface area contributed by atoms with Crippen LogP contribution in [0.25, 0.3) is 0 Å². The highest BCUT2D eigenvalue weighted by molar-refractivity contribution is 5.92. The number of rotatable bonds is 7. The van der Waals surface area contributed by atoms with Gasteiger partial charge in [-0.3, -0.25) is 9.69 Å². The van der Waals surface area contributed by atoms with Gasteiger partial charge in [-0.05, 0) is 56.6 Å². The van der Waals surface area contributed by atoms with Crippen molar-refractivity contribution in [2.24, 2.45) is 11.8 Å². The average molecular weight is 392 g/mol. The number of aliphatic hydroxyl groups is 1. The van der Waals surface area contributed by atoms with E-state index >= 15 is 0 Å². The van der Waals surface area contributed by atoms with Crippen LogP contribution in [0.1, 0.15) is 25.3 Å². The van der Waals surface area contributed by atoms with Gasteiger partial charge in [0, 0.05) is 31.3 Å². The SMILES string of the molecule is CNCC(C)C(=O)Nc1cccc(CN2CCC(CO)CC2)c1.Cl.Cl. The summed E-state index contributed by atoms with van der Waals surface area (Å²) in [4.78, 5) is 14.5. The lowest BCUT2D eigenvalue weighted by Crippen LogP contribution is -2.34. The van der Waals surface area contributed by atoms with E-state index in [2.05, 4.69) is 27.7 Å². The van der Waals surface area contributed by atoms with Crippen LogP contribution in [0.5, 0.6) is 0 Å². The summed E-state index contributed by atoms with van der Waals surface area (Å²) in [6.45, 7) is 5.85. The number of nitrogens with one attached hydrogen (secondary N) is 2. The summed E-state index contributed by atoms with van der Waals surface area (Å²) in [5.74, 6) is 0.451. The molecule has 1 aliphatic rings. The second kappa shape index (κ2) is 12.5. The number of anilines is 1. The molecule has 1 aliphatic heterocycles. The molecule has 0 bridgehead atoms. The maximum absolute atomic E-state index is 12.1. The highest BCUT2D eigenvalue weighted by Crippen LogP contribution is 2.20. The smallest absolute Gasteiger partial charge is 0.228 e. The minimum absolute atomic E-state index is 0. The van der Waals surface area contributed by atoms with Gasteiger partial charge < -0.3 is 15.7 Å². The highest BCUT2D eigenvalue weighted by Gasteiger charge is 2.18. The predicted molar refractivity (Wildman–Crippen MR) is 108 cm³/mol. The zero-order valence-corrected chi connectivity index (χ0v) is 16.7. The van der Waals surface area contributed by atoms with E-state index in [1.807, 2.05) is 26.1 Å². The van der Waals surface area contributed by atoms with E-state index in [0.717, 1.165) is 38.2 Å². The molecule has 5 nitrogen and oxygen atoms in total. The van der Waals surface area contributed by atoms with Crippen LogP contribution in [0.15, 0.2) is 24.3 Å². The molecule has 0 radical (unpaired) electrons. The van der Waals surface area contributed by atoms with E-state index < -0.39 is 0 Å². The molecule has 1 atom stereocenters. The quantitative estimate of drug-likeness (QED) is 0.667. The molecular weight excluding hydrogens is 361 g/mol. The second-order valence-corrected chi connectivity index (χ2v) is 6.55. The first-order valence-corrected chi connectivity index (χ1v) is 8.50. The number of aliphatic hydroxyl groups excluding tert-OH is 1. The first-order chi connectivity index (χ1) is 11.1. The first kappa shape index (κ1) is 24.1. The van der Waals surface area contributed by atoms with Crippen LogP contribution in [0.3, 0.4) is 0 Å². The maximum Gasteiger partial charge on any atom is 0.228 e. The van der Waals surface area contributed by atoms with E-state index in [0.29, 0.717) is 19.1 Å². The molecule has 0 aliphatic carbocycles. The summed E-state index contributed by atoms with van der Waals surface area (Å²) in [6, 6.07) is 8.09. The molecule has 1 aromatic rings. The Hall–Kier alpha value is -0.850. The molecule has 25 heavy (non-hydrogen) atoms. The lowest BCUT2D eigenvalue weighted by atomic mass is 9.97. The van der Waals surface area contributed by atoms with Crippen molar-refractivity contribution in [1.29, 1.82) is 0 Å². The molecule has 0 spiro atoms. The van der Waals surface area contributed by atoms with Gasteiger partial charge in [0.05, 0.1) is 0 Å². The zero-order chi connectivity index (χ0) is 16.7. The van der Waals surface area contributed by atoms with Crippen molar-refractivity contribution in [2.45, 2.75) is 26.3 Å². The Morgan fingerprint density at radius 1 is 1.32 bits per heavy atom. The summed E-state index contributed by atoms with van der Waals surface area (Å²) < 4.78 is 0. The van der Waals surface area contributed by atoms with Gasteiger partial charge in [-0.25, -0.2) is 0 Å². The lowest BCUT2D eigenvalue weighted by molar-refractivity contribution is -0.119. The molecular formula is C18H31Cl2N3O2. The van der Waals surface area contributed by atoms with Crippen molar-refractivity contribution < 1.29 is 9.90 Å². The Bertz CT molecular complexity index is 509. The fourth-order valence-electron chi connectivity index (χ4n) is 3.00. The van der Waals surface area contributed by atoms with Gasteiger partial charge >= 0.3 is 0 Å². The molecule has 1 aromatic carbocycles. The zero-order valence-electron chi connectivity index (χ0n) is 15.0. The van der Waals surface area contributed by atoms with Gasteiger partial charge in [0.15, 0.2) is 0 Å². The fourth-order valence-corrected chi connectivity index (χ4v) is 3.00. The van der Waals surface area contributed by atoms with E-state index in [-0.39, 0.29) is 36.6 Å². The average Bonchev–Trinajstić information content (AvgIpc) is 2.56. The highest BCUT2D eigenvalue weighted by atomic mass is 35.5. The van der Waals surface area contributed by atoms with Gasteiger partial charge in [-0.1, -0.05) is 19.1 Å². The number of amides is 1. The molecule has 0 aromatic heterocycles. The number of carbonyl (C=O) groups excluding carboxylic acids is 1. The molecule has 2 rings (SSSR count). The van der Waals surface area contributed by atoms with Crippen LogP contribution in [0.4, 0.5) is 5.69 Å². The number of hydrogen-bond donors (Lipinski definition) is 3. The Balaban J connectivity index is 0.00000288. The number of halogens is 2. The van der Waals surface area contributed by atoms with Crippen LogP contribution >= 0.6 is 24.8 Å². The summed E-state index contributed by atoms with van der Waals surface area (Å²) in [5, 5.41) is 15.2. The van der Waals surface area contributed by atoms with Gasteiger partial charge in [-0.2, -0.15) is 0 Å². The Labute approximate surface area is 163 Å². The summed E-state index contributed by atoms with van der Waals surface area (Å²) >= 11 is 0. The van der Waals surface area contributed by atoms with Crippen LogP contribution < -0.4 is 10.6 Å². The van der Waals surface area contributed by atoms with Gasteiger partial charge in [-0.15, -0.1) is 24.8 Å². The number of benzene rings is 1. The Morgan fingerprint density at radius 3 is 2.60 bits per heavy atom. The van der Waals surface area contributed by atoms with Gasteiger partial charge in [0.1, 0.15) is 0 Å². The van der Waals surface area contributed by atoms with Gasteiger partial charge in [0.2, 0.25) is 5.91 Å². The number of hydrogen-bond acceptors (Lipinski definition) is 4. The van der Waals surface area contributed by atoms with Crippen molar-refractivity contribution in [3.8, 4) is 0 Å². The van der Waals surface area contributed by atoms with Crippen LogP contribution in [-0.2, 0) is 11.3 Å². The van der Waals surface area contributed by atoms with Crippen molar-refractivity contribution in [3.63, 3.8) is 0 Å². The minimum atomic E-state index is -0.0545. The van der Waals surface area contributed by atoms with Crippen molar-refractivity contribution in [3.05, 3.63) is 29.8 Å². The van der Waals surface area contributed by atoms with Crippen molar-refractivity contribution in [2.75, 3.05) is 38.6 Å². The van der Waals surface area contributed by atoms with E-state index in [1.165, 1.54) is 5.56 Å². The standard InChI is InChI=1S/C18H29N3O2.2ClH/c1-14(11-19-2)18(23)20-17-5-3-4-16(10-17)12-21-8-6-15(13-22)7-9-21;;/h3-5,10,14-15,19,22H,6-9,11-13H2,1-2H3,(H,20,23);2*1H. The second-order valence-electron chi connectivity index (χ2n) is 6.55. The molecule has 1 fully saturated rings. The molecule has 1 unspecified atom stereocenters. The maximum atomic E-state index is 12.1. The number of piperidine rings is 1. The summed E-state index contributed by atoms with van der Waals surface area (Å²) in [5.41, 5.74) is 2.08. The van der Waals surface area contributed by atoms with Crippen molar-refractivity contribution >= 4 is 36.4 Å².